The summed E-state index contributed by atoms with van der Waals surface area (Å²) in [6.45, 7) is 8.87. The number of benzene rings is 1. The molecule has 1 aliphatic heterocycles. The van der Waals surface area contributed by atoms with Crippen molar-refractivity contribution in [3.63, 3.8) is 0 Å². The van der Waals surface area contributed by atoms with E-state index in [4.69, 9.17) is 0 Å². The van der Waals surface area contributed by atoms with E-state index in [1.165, 1.54) is 33.8 Å². The first-order valence-electron chi connectivity index (χ1n) is 7.76. The fourth-order valence-electron chi connectivity index (χ4n) is 2.97. The molecule has 1 saturated heterocycles. The zero-order chi connectivity index (χ0) is 14.7. The Hall–Kier alpha value is -1.16. The van der Waals surface area contributed by atoms with Crippen molar-refractivity contribution in [2.75, 3.05) is 13.1 Å². The van der Waals surface area contributed by atoms with E-state index in [2.05, 4.69) is 60.5 Å². The van der Waals surface area contributed by atoms with Crippen molar-refractivity contribution >= 4 is 11.3 Å². The summed E-state index contributed by atoms with van der Waals surface area (Å²) in [5, 5.41) is 3.72. The van der Waals surface area contributed by atoms with E-state index < -0.39 is 0 Å². The largest absolute Gasteiger partial charge is 0.308 e. The highest BCUT2D eigenvalue weighted by molar-refractivity contribution is 7.12. The summed E-state index contributed by atoms with van der Waals surface area (Å²) in [7, 11) is 0. The third-order valence-electron chi connectivity index (χ3n) is 4.30. The van der Waals surface area contributed by atoms with E-state index in [1.807, 2.05) is 11.3 Å². The Bertz CT molecular complexity index is 557. The third kappa shape index (κ3) is 3.94. The summed E-state index contributed by atoms with van der Waals surface area (Å²) in [5.74, 6) is 0. The average Bonchev–Trinajstić information content (AvgIpc) is 3.05. The van der Waals surface area contributed by atoms with Gasteiger partial charge in [-0.05, 0) is 37.5 Å². The Morgan fingerprint density at radius 2 is 2.05 bits per heavy atom. The first-order valence-corrected chi connectivity index (χ1v) is 8.58. The van der Waals surface area contributed by atoms with Gasteiger partial charge in [0.05, 0.1) is 0 Å². The molecule has 112 valence electrons. The highest BCUT2D eigenvalue weighted by atomic mass is 32.1. The fraction of sp³-hybridized carbons (Fsp3) is 0.444. The van der Waals surface area contributed by atoms with Crippen LogP contribution < -0.4 is 5.32 Å². The van der Waals surface area contributed by atoms with Crippen molar-refractivity contribution in [3.8, 4) is 0 Å². The zero-order valence-electron chi connectivity index (χ0n) is 12.9. The van der Waals surface area contributed by atoms with Crippen LogP contribution in [0.15, 0.2) is 36.4 Å². The van der Waals surface area contributed by atoms with Crippen molar-refractivity contribution in [2.24, 2.45) is 0 Å². The van der Waals surface area contributed by atoms with Crippen molar-refractivity contribution in [3.05, 3.63) is 57.3 Å². The molecule has 1 aliphatic rings. The molecule has 1 aromatic heterocycles. The van der Waals surface area contributed by atoms with Gasteiger partial charge in [0.15, 0.2) is 0 Å². The van der Waals surface area contributed by atoms with E-state index in [1.54, 1.807) is 0 Å². The normalized spacial score (nSPS) is 19.2. The van der Waals surface area contributed by atoms with Crippen LogP contribution in [-0.4, -0.2) is 24.0 Å². The molecule has 0 saturated carbocycles. The summed E-state index contributed by atoms with van der Waals surface area (Å²) < 4.78 is 0. The second-order valence-electron chi connectivity index (χ2n) is 6.04. The van der Waals surface area contributed by atoms with Gasteiger partial charge in [0.2, 0.25) is 0 Å². The smallest absolute Gasteiger partial charge is 0.0303 e. The van der Waals surface area contributed by atoms with Gasteiger partial charge >= 0.3 is 0 Å². The van der Waals surface area contributed by atoms with Gasteiger partial charge in [-0.1, -0.05) is 30.3 Å². The molecule has 0 aliphatic carbocycles. The van der Waals surface area contributed by atoms with Crippen LogP contribution in [0.5, 0.6) is 0 Å². The Labute approximate surface area is 131 Å². The van der Waals surface area contributed by atoms with Gasteiger partial charge in [-0.25, -0.2) is 0 Å². The van der Waals surface area contributed by atoms with Crippen LogP contribution in [0.3, 0.4) is 0 Å². The predicted molar refractivity (Wildman–Crippen MR) is 90.8 cm³/mol. The average molecular weight is 300 g/mol. The van der Waals surface area contributed by atoms with E-state index in [9.17, 15) is 0 Å². The van der Waals surface area contributed by atoms with E-state index in [-0.39, 0.29) is 0 Å². The van der Waals surface area contributed by atoms with Crippen LogP contribution in [-0.2, 0) is 13.1 Å². The molecule has 2 heterocycles. The molecule has 3 rings (SSSR count). The molecule has 0 amide bonds. The lowest BCUT2D eigenvalue weighted by Gasteiger charge is -2.16. The number of rotatable bonds is 5. The molecule has 2 aromatic rings. The molecule has 1 unspecified atom stereocenters. The quantitative estimate of drug-likeness (QED) is 0.905. The first-order chi connectivity index (χ1) is 10.2. The lowest BCUT2D eigenvalue weighted by molar-refractivity contribution is 0.320. The minimum absolute atomic E-state index is 0.636. The second-order valence-corrected chi connectivity index (χ2v) is 7.38. The maximum atomic E-state index is 3.72. The summed E-state index contributed by atoms with van der Waals surface area (Å²) in [5.41, 5.74) is 2.84. The molecule has 1 fully saturated rings. The topological polar surface area (TPSA) is 15.3 Å². The molecular weight excluding hydrogens is 276 g/mol. The van der Waals surface area contributed by atoms with Gasteiger partial charge in [-0.15, -0.1) is 11.3 Å². The van der Waals surface area contributed by atoms with Gasteiger partial charge in [0.25, 0.3) is 0 Å². The summed E-state index contributed by atoms with van der Waals surface area (Å²) in [6, 6.07) is 13.7. The molecule has 1 atom stereocenters. The lowest BCUT2D eigenvalue weighted by atomic mass is 10.2. The van der Waals surface area contributed by atoms with Crippen molar-refractivity contribution in [1.29, 1.82) is 0 Å². The number of likely N-dealkylation sites (tertiary alicyclic amines) is 1. The molecule has 21 heavy (non-hydrogen) atoms. The zero-order valence-corrected chi connectivity index (χ0v) is 13.7. The Morgan fingerprint density at radius 3 is 2.76 bits per heavy atom. The highest BCUT2D eigenvalue weighted by Crippen LogP contribution is 2.21. The molecule has 2 nitrogen and oxygen atoms in total. The molecule has 1 aromatic carbocycles. The fourth-order valence-corrected chi connectivity index (χ4v) is 3.97. The second kappa shape index (κ2) is 6.73. The molecule has 3 heteroatoms. The van der Waals surface area contributed by atoms with Crippen LogP contribution in [0.25, 0.3) is 0 Å². The van der Waals surface area contributed by atoms with Gasteiger partial charge in [-0.2, -0.15) is 0 Å². The van der Waals surface area contributed by atoms with Crippen molar-refractivity contribution in [2.45, 2.75) is 39.4 Å². The van der Waals surface area contributed by atoms with Crippen LogP contribution in [0, 0.1) is 13.8 Å². The molecule has 0 radical (unpaired) electrons. The van der Waals surface area contributed by atoms with Gasteiger partial charge in [-0.3, -0.25) is 4.90 Å². The summed E-state index contributed by atoms with van der Waals surface area (Å²) in [4.78, 5) is 5.47. The number of aryl methyl sites for hydroxylation is 2. The molecule has 0 spiro atoms. The minimum Gasteiger partial charge on any atom is -0.308 e. The van der Waals surface area contributed by atoms with Crippen molar-refractivity contribution < 1.29 is 0 Å². The summed E-state index contributed by atoms with van der Waals surface area (Å²) in [6.07, 6.45) is 1.26. The lowest BCUT2D eigenvalue weighted by Crippen LogP contribution is -2.31. The standard InChI is InChI=1S/C18H24N2S/c1-14-10-18(21-15(14)2)11-19-17-8-9-20(13-17)12-16-6-4-3-5-7-16/h3-7,10,17,19H,8-9,11-13H2,1-2H3. The van der Waals surface area contributed by atoms with Crippen LogP contribution in [0.1, 0.15) is 27.3 Å². The molecule has 1 N–H and O–H groups in total. The Balaban J connectivity index is 1.46. The van der Waals surface area contributed by atoms with Crippen LogP contribution >= 0.6 is 11.3 Å². The predicted octanol–water partition coefficient (Wildman–Crippen LogP) is 3.73. The highest BCUT2D eigenvalue weighted by Gasteiger charge is 2.21. The molecule has 0 bridgehead atoms. The van der Waals surface area contributed by atoms with Gasteiger partial charge in [0.1, 0.15) is 0 Å². The number of hydrogen-bond acceptors (Lipinski definition) is 3. The molecular formula is C18H24N2S. The summed E-state index contributed by atoms with van der Waals surface area (Å²) >= 11 is 1.93. The van der Waals surface area contributed by atoms with Gasteiger partial charge < -0.3 is 5.32 Å². The Morgan fingerprint density at radius 1 is 1.24 bits per heavy atom. The van der Waals surface area contributed by atoms with Gasteiger partial charge in [0, 0.05) is 42.0 Å². The maximum Gasteiger partial charge on any atom is 0.0303 e. The van der Waals surface area contributed by atoms with E-state index >= 15 is 0 Å². The minimum atomic E-state index is 0.636. The Kier molecular flexibility index (Phi) is 4.73. The van der Waals surface area contributed by atoms with Crippen molar-refractivity contribution in [1.82, 2.24) is 10.2 Å². The SMILES string of the molecule is Cc1cc(CNC2CCN(Cc3ccccc3)C2)sc1C. The van der Waals surface area contributed by atoms with E-state index in [0.717, 1.165) is 19.6 Å². The maximum absolute atomic E-state index is 3.72. The van der Waals surface area contributed by atoms with Crippen LogP contribution in [0.2, 0.25) is 0 Å². The monoisotopic (exact) mass is 300 g/mol. The number of nitrogens with one attached hydrogen (secondary N) is 1. The van der Waals surface area contributed by atoms with E-state index in [0.29, 0.717) is 6.04 Å². The third-order valence-corrected chi connectivity index (χ3v) is 5.46. The van der Waals surface area contributed by atoms with Crippen LogP contribution in [0.4, 0.5) is 0 Å². The number of nitrogens with zero attached hydrogens (tertiary/aromatic N) is 1. The first kappa shape index (κ1) is 14.8. The number of thiophene rings is 1. The number of hydrogen-bond donors (Lipinski definition) is 1.